The molecule has 1 saturated heterocycles. The highest BCUT2D eigenvalue weighted by Gasteiger charge is 2.24. The lowest BCUT2D eigenvalue weighted by molar-refractivity contribution is -0.115. The van der Waals surface area contributed by atoms with Crippen LogP contribution in [0.2, 0.25) is 15.1 Å². The van der Waals surface area contributed by atoms with Gasteiger partial charge in [-0.3, -0.25) is 14.9 Å². The lowest BCUT2D eigenvalue weighted by Gasteiger charge is -2.15. The van der Waals surface area contributed by atoms with Crippen LogP contribution in [0.4, 0.5) is 4.79 Å². The molecule has 0 spiro atoms. The molecule has 0 unspecified atom stereocenters. The minimum absolute atomic E-state index is 0.00780. The van der Waals surface area contributed by atoms with Crippen LogP contribution in [-0.2, 0) is 4.79 Å². The van der Waals surface area contributed by atoms with Crippen molar-refractivity contribution in [3.63, 3.8) is 0 Å². The molecule has 152 valence electrons. The molecule has 0 saturated carbocycles. The predicted molar refractivity (Wildman–Crippen MR) is 114 cm³/mol. The van der Waals surface area contributed by atoms with Crippen molar-refractivity contribution >= 4 is 63.8 Å². The van der Waals surface area contributed by atoms with Crippen molar-refractivity contribution in [2.75, 3.05) is 13.2 Å². The van der Waals surface area contributed by atoms with Gasteiger partial charge in [0.15, 0.2) is 0 Å². The molecule has 2 aromatic carbocycles. The monoisotopic (exact) mass is 473 g/mol. The van der Waals surface area contributed by atoms with Crippen LogP contribution in [0.3, 0.4) is 0 Å². The molecule has 0 bridgehead atoms. The maximum absolute atomic E-state index is 11.5. The van der Waals surface area contributed by atoms with Gasteiger partial charge in [0.05, 0.1) is 15.0 Å². The third-order valence-electron chi connectivity index (χ3n) is 3.69. The fourth-order valence-corrected chi connectivity index (χ4v) is 3.54. The summed E-state index contributed by atoms with van der Waals surface area (Å²) in [5, 5.41) is 12.5. The van der Waals surface area contributed by atoms with E-state index in [-0.39, 0.29) is 28.5 Å². The lowest BCUT2D eigenvalue weighted by Crippen LogP contribution is -2.25. The molecule has 2 amide bonds. The van der Waals surface area contributed by atoms with Gasteiger partial charge >= 0.3 is 0 Å². The maximum Gasteiger partial charge on any atom is 0.290 e. The molecule has 1 aliphatic rings. The smallest absolute Gasteiger partial charge is 0.290 e. The Bertz CT molecular complexity index is 965. The van der Waals surface area contributed by atoms with Crippen molar-refractivity contribution in [1.29, 1.82) is 0 Å². The second kappa shape index (κ2) is 9.73. The highest BCUT2D eigenvalue weighted by atomic mass is 35.5. The number of carbonyl (C=O) groups is 2. The molecule has 0 aliphatic carbocycles. The molecule has 3 rings (SSSR count). The van der Waals surface area contributed by atoms with Gasteiger partial charge in [-0.15, -0.1) is 0 Å². The summed E-state index contributed by atoms with van der Waals surface area (Å²) in [6.07, 6.45) is 0.699. The zero-order chi connectivity index (χ0) is 21.0. The van der Waals surface area contributed by atoms with Crippen LogP contribution < -0.4 is 14.8 Å². The number of nitrogens with one attached hydrogen (secondary N) is 1. The Hall–Kier alpha value is -1.90. The number of benzene rings is 2. The van der Waals surface area contributed by atoms with Gasteiger partial charge in [-0.2, -0.15) is 0 Å². The Labute approximate surface area is 185 Å². The summed E-state index contributed by atoms with van der Waals surface area (Å²) in [5.41, 5.74) is 0.739. The molecular weight excluding hydrogens is 461 g/mol. The van der Waals surface area contributed by atoms with Gasteiger partial charge in [0, 0.05) is 0 Å². The van der Waals surface area contributed by atoms with Gasteiger partial charge < -0.3 is 14.6 Å². The number of hydrogen-bond acceptors (Lipinski definition) is 6. The number of hydrogen-bond donors (Lipinski definition) is 2. The number of thioether (sulfide) groups is 1. The highest BCUT2D eigenvalue weighted by molar-refractivity contribution is 8.18. The molecular formula is C19H14Cl3NO5S. The Morgan fingerprint density at radius 3 is 2.34 bits per heavy atom. The van der Waals surface area contributed by atoms with Gasteiger partial charge in [0.2, 0.25) is 0 Å². The first kappa shape index (κ1) is 21.8. The van der Waals surface area contributed by atoms with E-state index in [0.717, 1.165) is 17.3 Å². The number of aliphatic hydroxyl groups is 1. The van der Waals surface area contributed by atoms with Crippen LogP contribution in [0.15, 0.2) is 41.3 Å². The summed E-state index contributed by atoms with van der Waals surface area (Å²) < 4.78 is 11.0. The Kier molecular flexibility index (Phi) is 7.32. The van der Waals surface area contributed by atoms with E-state index in [4.69, 9.17) is 44.3 Å². The molecule has 2 aromatic rings. The van der Waals surface area contributed by atoms with Gasteiger partial charge in [-0.05, 0) is 47.7 Å². The van der Waals surface area contributed by atoms with Crippen molar-refractivity contribution in [2.45, 2.75) is 6.10 Å². The van der Waals surface area contributed by atoms with Crippen molar-refractivity contribution in [3.05, 3.63) is 61.9 Å². The third-order valence-corrected chi connectivity index (χ3v) is 5.78. The van der Waals surface area contributed by atoms with E-state index < -0.39 is 12.0 Å². The molecule has 6 nitrogen and oxygen atoms in total. The van der Waals surface area contributed by atoms with Crippen LogP contribution in [0.1, 0.15) is 5.56 Å². The van der Waals surface area contributed by atoms with Crippen LogP contribution >= 0.6 is 46.6 Å². The first-order valence-corrected chi connectivity index (χ1v) is 10.2. The average molecular weight is 475 g/mol. The fourth-order valence-electron chi connectivity index (χ4n) is 2.28. The number of carbonyl (C=O) groups excluding carboxylic acids is 2. The summed E-state index contributed by atoms with van der Waals surface area (Å²) in [6, 6.07) is 9.96. The Morgan fingerprint density at radius 2 is 1.69 bits per heavy atom. The molecule has 0 aromatic heterocycles. The second-order valence-electron chi connectivity index (χ2n) is 5.87. The molecule has 10 heteroatoms. The minimum atomic E-state index is -0.910. The summed E-state index contributed by atoms with van der Waals surface area (Å²) in [4.78, 5) is 23.0. The van der Waals surface area contributed by atoms with Crippen LogP contribution in [0.25, 0.3) is 6.08 Å². The minimum Gasteiger partial charge on any atom is -0.491 e. The molecule has 2 N–H and O–H groups in total. The van der Waals surface area contributed by atoms with E-state index in [1.807, 2.05) is 0 Å². The lowest BCUT2D eigenvalue weighted by atomic mass is 10.2. The van der Waals surface area contributed by atoms with E-state index in [0.29, 0.717) is 21.4 Å². The van der Waals surface area contributed by atoms with E-state index in [1.54, 1.807) is 42.5 Å². The Balaban J connectivity index is 1.50. The number of rotatable bonds is 7. The van der Waals surface area contributed by atoms with Gasteiger partial charge in [-0.25, -0.2) is 0 Å². The molecule has 0 radical (unpaired) electrons. The van der Waals surface area contributed by atoms with E-state index in [9.17, 15) is 14.7 Å². The second-order valence-corrected chi connectivity index (χ2v) is 8.05. The summed E-state index contributed by atoms with van der Waals surface area (Å²) in [5.74, 6) is 0.425. The molecule has 29 heavy (non-hydrogen) atoms. The molecule has 1 fully saturated rings. The standard InChI is InChI=1S/C19H14Cl3NO5S/c20-13-5-6-14(17(22)16(13)21)28-9-11(24)8-27-12-3-1-10(2-4-12)7-15-18(25)23-19(26)29-15/h1-7,11,24H,8-9H2,(H,23,25,26)/b15-7-/t11-/m0/s1. The van der Waals surface area contributed by atoms with Crippen molar-refractivity contribution < 1.29 is 24.2 Å². The predicted octanol–water partition coefficient (Wildman–Crippen LogP) is 4.79. The van der Waals surface area contributed by atoms with Crippen LogP contribution in [0, 0.1) is 0 Å². The molecule has 1 heterocycles. The fraction of sp³-hybridized carbons (Fsp3) is 0.158. The van der Waals surface area contributed by atoms with Crippen LogP contribution in [0.5, 0.6) is 11.5 Å². The number of ether oxygens (including phenoxy) is 2. The zero-order valence-electron chi connectivity index (χ0n) is 14.7. The highest BCUT2D eigenvalue weighted by Crippen LogP contribution is 2.37. The number of halogens is 3. The van der Waals surface area contributed by atoms with Gasteiger partial charge in [-0.1, -0.05) is 46.9 Å². The van der Waals surface area contributed by atoms with Crippen molar-refractivity contribution in [3.8, 4) is 11.5 Å². The molecule has 1 aliphatic heterocycles. The summed E-state index contributed by atoms with van der Waals surface area (Å²) >= 11 is 18.7. The van der Waals surface area contributed by atoms with Crippen molar-refractivity contribution in [1.82, 2.24) is 5.32 Å². The summed E-state index contributed by atoms with van der Waals surface area (Å²) in [6.45, 7) is -0.0611. The van der Waals surface area contributed by atoms with Gasteiger partial charge in [0.25, 0.3) is 11.1 Å². The summed E-state index contributed by atoms with van der Waals surface area (Å²) in [7, 11) is 0. The van der Waals surface area contributed by atoms with E-state index in [2.05, 4.69) is 5.32 Å². The largest absolute Gasteiger partial charge is 0.491 e. The van der Waals surface area contributed by atoms with Crippen molar-refractivity contribution in [2.24, 2.45) is 0 Å². The third kappa shape index (κ3) is 5.81. The van der Waals surface area contributed by atoms with E-state index in [1.165, 1.54) is 0 Å². The average Bonchev–Trinajstić information content (AvgIpc) is 3.01. The first-order valence-electron chi connectivity index (χ1n) is 8.25. The topological polar surface area (TPSA) is 84.9 Å². The SMILES string of the molecule is O=C1NC(=O)/C(=C/c2ccc(OC[C@H](O)COc3ccc(Cl)c(Cl)c3Cl)cc2)S1. The normalized spacial score (nSPS) is 16.1. The number of imide groups is 1. The zero-order valence-corrected chi connectivity index (χ0v) is 17.7. The maximum atomic E-state index is 11.5. The molecule has 1 atom stereocenters. The van der Waals surface area contributed by atoms with E-state index >= 15 is 0 Å². The quantitative estimate of drug-likeness (QED) is 0.443. The number of amides is 2. The van der Waals surface area contributed by atoms with Gasteiger partial charge in [0.1, 0.15) is 35.8 Å². The Morgan fingerprint density at radius 1 is 1.00 bits per heavy atom. The first-order chi connectivity index (χ1) is 13.8. The van der Waals surface area contributed by atoms with Crippen LogP contribution in [-0.4, -0.2) is 35.6 Å². The number of aliphatic hydroxyl groups excluding tert-OH is 1.